The molecule has 0 radical (unpaired) electrons. The monoisotopic (exact) mass is 492 g/mol. The zero-order chi connectivity index (χ0) is 25.1. The summed E-state index contributed by atoms with van der Waals surface area (Å²) in [5.74, 6) is 1.41. The molecule has 0 spiro atoms. The van der Waals surface area contributed by atoms with E-state index in [1.165, 1.54) is 18.6 Å². The van der Waals surface area contributed by atoms with E-state index < -0.39 is 0 Å². The minimum Gasteiger partial charge on any atom is -0.340 e. The average Bonchev–Trinajstić information content (AvgIpc) is 3.18. The van der Waals surface area contributed by atoms with Gasteiger partial charge in [0.15, 0.2) is 0 Å². The van der Waals surface area contributed by atoms with Crippen LogP contribution in [0.2, 0.25) is 10.0 Å². The molecule has 0 saturated carbocycles. The van der Waals surface area contributed by atoms with Crippen molar-refractivity contribution >= 4 is 29.1 Å². The van der Waals surface area contributed by atoms with E-state index in [1.807, 2.05) is 30.9 Å². The summed E-state index contributed by atoms with van der Waals surface area (Å²) < 4.78 is 12.5. The highest BCUT2D eigenvalue weighted by molar-refractivity contribution is 6.31. The third-order valence-electron chi connectivity index (χ3n) is 5.89. The molecule has 180 valence electrons. The smallest absolute Gasteiger partial charge is 0.223 e. The first-order valence-electron chi connectivity index (χ1n) is 11.4. The topological polar surface area (TPSA) is 44.1 Å². The maximum atomic E-state index is 12.5. The predicted molar refractivity (Wildman–Crippen MR) is 136 cm³/mol. The summed E-state index contributed by atoms with van der Waals surface area (Å²) in [5.41, 5.74) is 2.47. The molecule has 0 N–H and O–H groups in total. The standard InChI is InChI=1S/C11H21NO.C8H8ClF.C8H6ClN/c1-5-9(4)10-6-11(13)12(7-10)8(2)3;1-2-6-5-7(10)3-4-8(6)9;1-6-2-3-7(5-10)8(9)4-6/h8-10H,5-7H2,1-4H3;3-5H,2H2,1H3;2-4H,1H3. The van der Waals surface area contributed by atoms with Gasteiger partial charge in [0.05, 0.1) is 10.6 Å². The lowest BCUT2D eigenvalue weighted by atomic mass is 9.91. The number of nitrogens with zero attached hydrogens (tertiary/aromatic N) is 2. The van der Waals surface area contributed by atoms with Crippen LogP contribution in [-0.4, -0.2) is 23.4 Å². The molecule has 1 saturated heterocycles. The number of rotatable bonds is 4. The van der Waals surface area contributed by atoms with Gasteiger partial charge in [-0.1, -0.05) is 56.5 Å². The van der Waals surface area contributed by atoms with E-state index in [9.17, 15) is 9.18 Å². The highest BCUT2D eigenvalue weighted by Crippen LogP contribution is 2.28. The number of benzene rings is 2. The fraction of sp³-hybridized carbons (Fsp3) is 0.481. The molecule has 0 aliphatic carbocycles. The number of nitriles is 1. The number of hydrogen-bond donors (Lipinski definition) is 0. The van der Waals surface area contributed by atoms with E-state index in [0.29, 0.717) is 39.4 Å². The maximum absolute atomic E-state index is 12.5. The van der Waals surface area contributed by atoms with Gasteiger partial charge in [-0.15, -0.1) is 0 Å². The van der Waals surface area contributed by atoms with Gasteiger partial charge in [0.2, 0.25) is 5.91 Å². The van der Waals surface area contributed by atoms with Crippen molar-refractivity contribution < 1.29 is 9.18 Å². The van der Waals surface area contributed by atoms with E-state index in [1.54, 1.807) is 18.2 Å². The lowest BCUT2D eigenvalue weighted by molar-refractivity contribution is -0.129. The van der Waals surface area contributed by atoms with Gasteiger partial charge in [-0.2, -0.15) is 5.26 Å². The Labute approximate surface area is 208 Å². The first-order valence-corrected chi connectivity index (χ1v) is 12.2. The van der Waals surface area contributed by atoms with Crippen LogP contribution in [0.4, 0.5) is 4.39 Å². The van der Waals surface area contributed by atoms with E-state index in [4.69, 9.17) is 28.5 Å². The lowest BCUT2D eigenvalue weighted by Crippen LogP contribution is -2.32. The molecule has 33 heavy (non-hydrogen) atoms. The van der Waals surface area contributed by atoms with Crippen molar-refractivity contribution in [3.05, 3.63) is 69.0 Å². The highest BCUT2D eigenvalue weighted by atomic mass is 35.5. The van der Waals surface area contributed by atoms with E-state index in [2.05, 4.69) is 27.7 Å². The van der Waals surface area contributed by atoms with Crippen LogP contribution in [0.5, 0.6) is 0 Å². The van der Waals surface area contributed by atoms with Gasteiger partial charge in [0, 0.05) is 24.0 Å². The van der Waals surface area contributed by atoms with E-state index in [-0.39, 0.29) is 5.82 Å². The Morgan fingerprint density at radius 2 is 1.79 bits per heavy atom. The number of amides is 1. The van der Waals surface area contributed by atoms with Crippen LogP contribution < -0.4 is 0 Å². The van der Waals surface area contributed by atoms with Crippen molar-refractivity contribution in [1.82, 2.24) is 4.90 Å². The van der Waals surface area contributed by atoms with Crippen LogP contribution in [0.25, 0.3) is 0 Å². The lowest BCUT2D eigenvalue weighted by Gasteiger charge is -2.22. The zero-order valence-electron chi connectivity index (χ0n) is 20.5. The van der Waals surface area contributed by atoms with Crippen LogP contribution in [0.15, 0.2) is 36.4 Å². The van der Waals surface area contributed by atoms with Gasteiger partial charge in [-0.05, 0) is 80.5 Å². The Morgan fingerprint density at radius 1 is 1.12 bits per heavy atom. The summed E-state index contributed by atoms with van der Waals surface area (Å²) >= 11 is 11.4. The molecular weight excluding hydrogens is 458 g/mol. The second-order valence-electron chi connectivity index (χ2n) is 8.67. The molecule has 1 fully saturated rings. The van der Waals surface area contributed by atoms with Gasteiger partial charge < -0.3 is 4.90 Å². The van der Waals surface area contributed by atoms with Gasteiger partial charge in [-0.25, -0.2) is 4.39 Å². The van der Waals surface area contributed by atoms with Gasteiger partial charge in [0.25, 0.3) is 0 Å². The van der Waals surface area contributed by atoms with Gasteiger partial charge in [0.1, 0.15) is 11.9 Å². The second kappa shape index (κ2) is 14.2. The first kappa shape index (κ1) is 28.9. The molecule has 2 aromatic carbocycles. The molecular formula is C27H35Cl2FN2O. The molecule has 2 atom stereocenters. The molecule has 1 aliphatic rings. The Bertz CT molecular complexity index is 947. The summed E-state index contributed by atoms with van der Waals surface area (Å²) in [6.45, 7) is 13.5. The van der Waals surface area contributed by atoms with E-state index in [0.717, 1.165) is 30.5 Å². The zero-order valence-corrected chi connectivity index (χ0v) is 22.0. The predicted octanol–water partition coefficient (Wildman–Crippen LogP) is 7.85. The van der Waals surface area contributed by atoms with Crippen molar-refractivity contribution in [3.8, 4) is 6.07 Å². The molecule has 6 heteroatoms. The van der Waals surface area contributed by atoms with Crippen LogP contribution >= 0.6 is 23.2 Å². The fourth-order valence-corrected chi connectivity index (χ4v) is 4.03. The van der Waals surface area contributed by atoms with Crippen molar-refractivity contribution in [3.63, 3.8) is 0 Å². The largest absolute Gasteiger partial charge is 0.340 e. The van der Waals surface area contributed by atoms with Crippen molar-refractivity contribution in [2.75, 3.05) is 6.54 Å². The number of carbonyl (C=O) groups is 1. The van der Waals surface area contributed by atoms with Crippen molar-refractivity contribution in [2.24, 2.45) is 11.8 Å². The summed E-state index contributed by atoms with van der Waals surface area (Å²) in [5, 5.41) is 9.65. The number of aryl methyl sites for hydroxylation is 2. The fourth-order valence-electron chi connectivity index (χ4n) is 3.50. The maximum Gasteiger partial charge on any atom is 0.223 e. The Hall–Kier alpha value is -2.09. The summed E-state index contributed by atoms with van der Waals surface area (Å²) in [6, 6.07) is 12.1. The number of halogens is 3. The second-order valence-corrected chi connectivity index (χ2v) is 9.49. The molecule has 3 rings (SSSR count). The number of hydrogen-bond acceptors (Lipinski definition) is 2. The quantitative estimate of drug-likeness (QED) is 0.435. The van der Waals surface area contributed by atoms with Crippen molar-refractivity contribution in [1.29, 1.82) is 5.26 Å². The molecule has 2 aromatic rings. The normalized spacial score (nSPS) is 15.8. The van der Waals surface area contributed by atoms with Crippen LogP contribution in [0.1, 0.15) is 64.2 Å². The number of likely N-dealkylation sites (tertiary alicyclic amines) is 1. The summed E-state index contributed by atoms with van der Waals surface area (Å²) in [7, 11) is 0. The van der Waals surface area contributed by atoms with Crippen LogP contribution in [0.3, 0.4) is 0 Å². The molecule has 3 nitrogen and oxygen atoms in total. The highest BCUT2D eigenvalue weighted by Gasteiger charge is 2.33. The molecule has 0 aromatic heterocycles. The van der Waals surface area contributed by atoms with E-state index >= 15 is 0 Å². The van der Waals surface area contributed by atoms with Gasteiger partial charge in [-0.3, -0.25) is 4.79 Å². The summed E-state index contributed by atoms with van der Waals surface area (Å²) in [4.78, 5) is 13.6. The molecule has 1 aliphatic heterocycles. The molecule has 2 unspecified atom stereocenters. The number of carbonyl (C=O) groups excluding carboxylic acids is 1. The third-order valence-corrected chi connectivity index (χ3v) is 6.58. The van der Waals surface area contributed by atoms with Crippen LogP contribution in [0, 0.1) is 35.9 Å². The van der Waals surface area contributed by atoms with Gasteiger partial charge >= 0.3 is 0 Å². The minimum atomic E-state index is -0.221. The van der Waals surface area contributed by atoms with Crippen LogP contribution in [-0.2, 0) is 11.2 Å². The molecule has 1 heterocycles. The molecule has 0 bridgehead atoms. The molecule has 1 amide bonds. The Balaban J connectivity index is 0.000000251. The Morgan fingerprint density at radius 3 is 2.24 bits per heavy atom. The SMILES string of the molecule is CCC(C)C1CC(=O)N(C(C)C)C1.CCc1cc(F)ccc1Cl.Cc1ccc(C#N)c(Cl)c1. The minimum absolute atomic E-state index is 0.221. The summed E-state index contributed by atoms with van der Waals surface area (Å²) in [6.07, 6.45) is 2.73. The van der Waals surface area contributed by atoms with Crippen molar-refractivity contribution in [2.45, 2.75) is 66.8 Å². The average molecular weight is 493 g/mol. The third kappa shape index (κ3) is 9.35. The first-order chi connectivity index (χ1) is 15.5. The Kier molecular flexibility index (Phi) is 12.5.